The van der Waals surface area contributed by atoms with Gasteiger partial charge in [-0.15, -0.1) is 0 Å². The second-order valence-electron chi connectivity index (χ2n) is 16.4. The Morgan fingerprint density at radius 2 is 1.41 bits per heavy atom. The van der Waals surface area contributed by atoms with Crippen LogP contribution >= 0.6 is 8.53 Å². The number of rotatable bonds is 17. The summed E-state index contributed by atoms with van der Waals surface area (Å²) in [6, 6.07) is 42.4. The van der Waals surface area contributed by atoms with Crippen molar-refractivity contribution in [3.05, 3.63) is 154 Å². The van der Waals surface area contributed by atoms with Crippen LogP contribution in [0.5, 0.6) is 11.5 Å². The van der Waals surface area contributed by atoms with Crippen molar-refractivity contribution in [3.8, 4) is 17.6 Å². The summed E-state index contributed by atoms with van der Waals surface area (Å²) in [6.45, 7) is 10.8. The van der Waals surface area contributed by atoms with E-state index in [-0.39, 0.29) is 31.7 Å². The van der Waals surface area contributed by atoms with Crippen LogP contribution in [-0.2, 0) is 24.1 Å². The van der Waals surface area contributed by atoms with E-state index >= 15 is 0 Å². The van der Waals surface area contributed by atoms with Gasteiger partial charge < -0.3 is 37.0 Å². The third-order valence-electron chi connectivity index (χ3n) is 11.8. The smallest absolute Gasteiger partial charge is 0.336 e. The minimum Gasteiger partial charge on any atom is -0.497 e. The molecule has 2 aromatic heterocycles. The SMILES string of the molecule is COc1ccc(C(OC[C@H]2O[C@@H](n3c4ccccc4c4cc5c(C)cc(=O)oc5cc43)C[C@@H]2OP(OCCC#N)N(C(C)C)C(C)C)(c2ccccc2)c2ccc(OC)cc2)cc1. The summed E-state index contributed by atoms with van der Waals surface area (Å²) in [5, 5.41) is 12.5. The Morgan fingerprint density at radius 1 is 0.794 bits per heavy atom. The number of nitriles is 1. The van der Waals surface area contributed by atoms with Crippen LogP contribution in [0.1, 0.15) is 69.0 Å². The van der Waals surface area contributed by atoms with Crippen LogP contribution in [0.3, 0.4) is 0 Å². The van der Waals surface area contributed by atoms with Crippen molar-refractivity contribution in [1.82, 2.24) is 9.24 Å². The Bertz CT molecular complexity index is 2710. The molecule has 0 spiro atoms. The average Bonchev–Trinajstić information content (AvgIpc) is 3.83. The van der Waals surface area contributed by atoms with Crippen LogP contribution in [0.15, 0.2) is 131 Å². The van der Waals surface area contributed by atoms with Crippen molar-refractivity contribution in [2.75, 3.05) is 27.4 Å². The van der Waals surface area contributed by atoms with Gasteiger partial charge in [-0.3, -0.25) is 0 Å². The summed E-state index contributed by atoms with van der Waals surface area (Å²) in [6.07, 6.45) is -0.949. The number of benzene rings is 5. The van der Waals surface area contributed by atoms with Gasteiger partial charge in [-0.2, -0.15) is 5.26 Å². The predicted molar refractivity (Wildman–Crippen MR) is 247 cm³/mol. The summed E-state index contributed by atoms with van der Waals surface area (Å²) in [7, 11) is 1.66. The normalized spacial score (nSPS) is 17.3. The third kappa shape index (κ3) is 8.72. The Balaban J connectivity index is 1.27. The Labute approximate surface area is 369 Å². The molecule has 7 aromatic rings. The number of fused-ring (bicyclic) bond motifs is 4. The number of aryl methyl sites for hydroxylation is 1. The molecule has 0 aliphatic carbocycles. The topological polar surface area (TPSA) is 118 Å². The van der Waals surface area contributed by atoms with Crippen molar-refractivity contribution >= 4 is 41.3 Å². The molecular formula is C51H54N3O8P. The van der Waals surface area contributed by atoms with Crippen molar-refractivity contribution < 1.29 is 32.4 Å². The summed E-state index contributed by atoms with van der Waals surface area (Å²) in [4.78, 5) is 12.6. The summed E-state index contributed by atoms with van der Waals surface area (Å²) < 4.78 is 49.8. The Hall–Kier alpha value is -5.57. The monoisotopic (exact) mass is 867 g/mol. The molecule has 1 aliphatic rings. The van der Waals surface area contributed by atoms with Crippen molar-refractivity contribution in [1.29, 1.82) is 5.26 Å². The maximum absolute atomic E-state index is 12.6. The zero-order chi connectivity index (χ0) is 44.3. The first-order valence-corrected chi connectivity index (χ1v) is 22.6. The molecule has 0 N–H and O–H groups in total. The molecule has 3 heterocycles. The molecule has 1 aliphatic heterocycles. The lowest BCUT2D eigenvalue weighted by Gasteiger charge is -2.39. The minimum atomic E-state index is -1.65. The molecule has 8 rings (SSSR count). The molecule has 11 nitrogen and oxygen atoms in total. The molecule has 1 saturated heterocycles. The molecule has 63 heavy (non-hydrogen) atoms. The van der Waals surface area contributed by atoms with E-state index in [1.54, 1.807) is 14.2 Å². The highest BCUT2D eigenvalue weighted by atomic mass is 31.2. The van der Waals surface area contributed by atoms with Gasteiger partial charge >= 0.3 is 5.63 Å². The number of hydrogen-bond donors (Lipinski definition) is 0. The summed E-state index contributed by atoms with van der Waals surface area (Å²) in [5.74, 6) is 1.45. The van der Waals surface area contributed by atoms with E-state index in [4.69, 9.17) is 32.4 Å². The standard InChI is InChI=1S/C51H54N3O8P/c1-33(2)54(34(3)4)63(59-27-13-26-52)62-47-31-49(53-44-17-12-11-16-41(44)43-29-42-35(5)28-50(55)61-46(42)30-45(43)53)60-48(47)32-58-51(36-14-9-8-10-15-36,37-18-22-39(56-6)23-19-37)38-20-24-40(57-7)25-21-38/h8-12,14-25,28-30,33-34,47-49H,13,27,31-32H2,1-7H3/t47-,48+,49+,63?/m0/s1. The molecule has 5 aromatic carbocycles. The zero-order valence-electron chi connectivity index (χ0n) is 36.8. The van der Waals surface area contributed by atoms with Crippen LogP contribution in [0.4, 0.5) is 0 Å². The van der Waals surface area contributed by atoms with Crippen molar-refractivity contribution in [2.24, 2.45) is 0 Å². The van der Waals surface area contributed by atoms with Gasteiger partial charge in [0.15, 0.2) is 0 Å². The van der Waals surface area contributed by atoms with Crippen molar-refractivity contribution in [3.63, 3.8) is 0 Å². The molecule has 326 valence electrons. The van der Waals surface area contributed by atoms with E-state index in [1.165, 1.54) is 6.07 Å². The summed E-state index contributed by atoms with van der Waals surface area (Å²) >= 11 is 0. The average molecular weight is 868 g/mol. The van der Waals surface area contributed by atoms with E-state index in [0.717, 1.165) is 60.9 Å². The number of aromatic nitrogens is 1. The maximum Gasteiger partial charge on any atom is 0.336 e. The molecule has 0 radical (unpaired) electrons. The highest BCUT2D eigenvalue weighted by Crippen LogP contribution is 2.51. The van der Waals surface area contributed by atoms with Gasteiger partial charge in [0.2, 0.25) is 0 Å². The number of para-hydroxylation sites is 1. The first-order chi connectivity index (χ1) is 30.6. The van der Waals surface area contributed by atoms with Gasteiger partial charge in [0, 0.05) is 46.8 Å². The van der Waals surface area contributed by atoms with Gasteiger partial charge in [-0.05, 0) is 93.3 Å². The lowest BCUT2D eigenvalue weighted by Crippen LogP contribution is -2.39. The molecule has 0 amide bonds. The van der Waals surface area contributed by atoms with Crippen molar-refractivity contribution in [2.45, 2.75) is 83.6 Å². The van der Waals surface area contributed by atoms with E-state index in [0.29, 0.717) is 12.0 Å². The number of ether oxygens (including phenoxy) is 4. The van der Waals surface area contributed by atoms with Gasteiger partial charge in [0.05, 0.1) is 57.1 Å². The van der Waals surface area contributed by atoms with Crippen LogP contribution in [0, 0.1) is 18.3 Å². The van der Waals surface area contributed by atoms with Gasteiger partial charge in [0.1, 0.15) is 35.0 Å². The number of nitrogens with zero attached hydrogens (tertiary/aromatic N) is 3. The molecular weight excluding hydrogens is 814 g/mol. The van der Waals surface area contributed by atoms with Crippen LogP contribution < -0.4 is 15.1 Å². The fourth-order valence-electron chi connectivity index (χ4n) is 8.93. The second-order valence-corrected chi connectivity index (χ2v) is 17.8. The maximum atomic E-state index is 12.6. The molecule has 0 bridgehead atoms. The number of hydrogen-bond acceptors (Lipinski definition) is 10. The summed E-state index contributed by atoms with van der Waals surface area (Å²) in [5.41, 5.74) is 4.41. The first kappa shape index (κ1) is 44.1. The van der Waals surface area contributed by atoms with E-state index in [9.17, 15) is 10.1 Å². The quantitative estimate of drug-likeness (QED) is 0.0379. The predicted octanol–water partition coefficient (Wildman–Crippen LogP) is 11.2. The highest BCUT2D eigenvalue weighted by molar-refractivity contribution is 7.44. The van der Waals surface area contributed by atoms with Gasteiger partial charge in [0.25, 0.3) is 8.53 Å². The van der Waals surface area contributed by atoms with Gasteiger partial charge in [-0.1, -0.05) is 72.8 Å². The fraction of sp³-hybridized carbons (Fsp3) is 0.333. The largest absolute Gasteiger partial charge is 0.497 e. The van der Waals surface area contributed by atoms with E-state index < -0.39 is 38.2 Å². The minimum absolute atomic E-state index is 0.0885. The fourth-order valence-corrected chi connectivity index (χ4v) is 10.7. The third-order valence-corrected chi connectivity index (χ3v) is 13.9. The Kier molecular flexibility index (Phi) is 13.3. The van der Waals surface area contributed by atoms with Gasteiger partial charge in [-0.25, -0.2) is 9.46 Å². The second kappa shape index (κ2) is 19.0. The highest BCUT2D eigenvalue weighted by Gasteiger charge is 2.45. The Morgan fingerprint density at radius 3 is 2.03 bits per heavy atom. The van der Waals surface area contributed by atoms with E-state index in [2.05, 4.69) is 73.3 Å². The van der Waals surface area contributed by atoms with E-state index in [1.807, 2.05) is 91.9 Å². The molecule has 1 fully saturated rings. The van der Waals surface area contributed by atoms with Crippen LogP contribution in [0.2, 0.25) is 0 Å². The van der Waals surface area contributed by atoms with Crippen LogP contribution in [-0.4, -0.2) is 61.0 Å². The first-order valence-electron chi connectivity index (χ1n) is 21.4. The molecule has 1 unspecified atom stereocenters. The van der Waals surface area contributed by atoms with Crippen LogP contribution in [0.25, 0.3) is 32.8 Å². The molecule has 0 saturated carbocycles. The number of methoxy groups -OCH3 is 2. The zero-order valence-corrected chi connectivity index (χ0v) is 37.7. The molecule has 4 atom stereocenters. The molecule has 12 heteroatoms. The lowest BCUT2D eigenvalue weighted by atomic mass is 9.80. The lowest BCUT2D eigenvalue weighted by molar-refractivity contribution is -0.0904.